The lowest BCUT2D eigenvalue weighted by Gasteiger charge is -2.33. The van der Waals surface area contributed by atoms with Crippen LogP contribution in [0.3, 0.4) is 0 Å². The smallest absolute Gasteiger partial charge is 0.322 e. The van der Waals surface area contributed by atoms with Crippen molar-refractivity contribution in [1.29, 1.82) is 0 Å². The summed E-state index contributed by atoms with van der Waals surface area (Å²) in [6.45, 7) is 4.22. The van der Waals surface area contributed by atoms with Crippen molar-refractivity contribution in [3.8, 4) is 5.75 Å². The van der Waals surface area contributed by atoms with Crippen molar-refractivity contribution in [3.05, 3.63) is 24.3 Å². The Morgan fingerprint density at radius 2 is 2.04 bits per heavy atom. The van der Waals surface area contributed by atoms with Crippen LogP contribution in [0.5, 0.6) is 5.75 Å². The van der Waals surface area contributed by atoms with Gasteiger partial charge in [-0.1, -0.05) is 12.1 Å². The van der Waals surface area contributed by atoms with Gasteiger partial charge in [0.1, 0.15) is 5.75 Å². The van der Waals surface area contributed by atoms with Gasteiger partial charge in [-0.15, -0.1) is 0 Å². The van der Waals surface area contributed by atoms with Gasteiger partial charge in [0.2, 0.25) is 10.0 Å². The summed E-state index contributed by atoms with van der Waals surface area (Å²) in [4.78, 5) is 14.1. The zero-order valence-electron chi connectivity index (χ0n) is 14.3. The predicted octanol–water partition coefficient (Wildman–Crippen LogP) is 2.02. The van der Waals surface area contributed by atoms with E-state index in [2.05, 4.69) is 10.0 Å². The first-order chi connectivity index (χ1) is 11.3. The number of rotatable bonds is 5. The summed E-state index contributed by atoms with van der Waals surface area (Å²) in [6.07, 6.45) is 1.48. The molecule has 2 N–H and O–H groups in total. The van der Waals surface area contributed by atoms with Crippen LogP contribution in [0, 0.1) is 0 Å². The zero-order chi connectivity index (χ0) is 17.7. The van der Waals surface area contributed by atoms with Crippen LogP contribution >= 0.6 is 0 Å². The molecule has 1 unspecified atom stereocenters. The number of sulfonamides is 1. The lowest BCUT2D eigenvalue weighted by molar-refractivity contribution is 0.190. The van der Waals surface area contributed by atoms with Crippen LogP contribution in [0.15, 0.2) is 24.3 Å². The molecule has 1 atom stereocenters. The molecular formula is C16H25N3O4S. The molecule has 0 bridgehead atoms. The number of hydrogen-bond acceptors (Lipinski definition) is 4. The lowest BCUT2D eigenvalue weighted by atomic mass is 10.1. The van der Waals surface area contributed by atoms with Crippen molar-refractivity contribution in [2.75, 3.05) is 25.5 Å². The second-order valence-corrected chi connectivity index (χ2v) is 8.40. The van der Waals surface area contributed by atoms with E-state index in [9.17, 15) is 13.2 Å². The minimum atomic E-state index is -3.34. The number of benzene rings is 1. The first-order valence-electron chi connectivity index (χ1n) is 8.03. The maximum Gasteiger partial charge on any atom is 0.322 e. The molecule has 1 aromatic rings. The summed E-state index contributed by atoms with van der Waals surface area (Å²) >= 11 is 0. The second-order valence-electron chi connectivity index (χ2n) is 6.13. The summed E-state index contributed by atoms with van der Waals surface area (Å²) in [5.41, 5.74) is 0.592. The van der Waals surface area contributed by atoms with E-state index in [1.54, 1.807) is 38.0 Å². The lowest BCUT2D eigenvalue weighted by Crippen LogP contribution is -2.51. The summed E-state index contributed by atoms with van der Waals surface area (Å²) in [5.74, 6) is 0.583. The van der Waals surface area contributed by atoms with Gasteiger partial charge >= 0.3 is 6.03 Å². The topological polar surface area (TPSA) is 87.7 Å². The molecule has 1 aliphatic heterocycles. The van der Waals surface area contributed by atoms with Crippen LogP contribution in [0.2, 0.25) is 0 Å². The molecule has 8 heteroatoms. The molecule has 0 aromatic heterocycles. The van der Waals surface area contributed by atoms with Gasteiger partial charge in [-0.3, -0.25) is 0 Å². The van der Waals surface area contributed by atoms with Crippen molar-refractivity contribution in [2.24, 2.45) is 0 Å². The molecule has 2 amide bonds. The van der Waals surface area contributed by atoms with Crippen LogP contribution < -0.4 is 14.8 Å². The van der Waals surface area contributed by atoms with E-state index in [0.29, 0.717) is 24.5 Å². The van der Waals surface area contributed by atoms with Crippen molar-refractivity contribution >= 4 is 21.7 Å². The van der Waals surface area contributed by atoms with Crippen molar-refractivity contribution in [1.82, 2.24) is 9.62 Å². The number of methoxy groups -OCH3 is 1. The number of nitrogens with one attached hydrogen (secondary N) is 2. The maximum absolute atomic E-state index is 12.5. The van der Waals surface area contributed by atoms with Gasteiger partial charge in [-0.05, 0) is 38.8 Å². The number of anilines is 1. The SMILES string of the molecule is COc1ccccc1NC(=O)N1CCCC(NS(=O)(=O)C(C)C)C1. The summed E-state index contributed by atoms with van der Waals surface area (Å²) < 4.78 is 31.9. The monoisotopic (exact) mass is 355 g/mol. The Bertz CT molecular complexity index is 676. The van der Waals surface area contributed by atoms with Gasteiger partial charge in [-0.25, -0.2) is 17.9 Å². The van der Waals surface area contributed by atoms with Crippen LogP contribution in [0.25, 0.3) is 0 Å². The number of amides is 2. The molecule has 7 nitrogen and oxygen atoms in total. The Kier molecular flexibility index (Phi) is 6.06. The molecule has 0 spiro atoms. The number of carbonyl (C=O) groups is 1. The van der Waals surface area contributed by atoms with E-state index in [4.69, 9.17) is 4.74 Å². The van der Waals surface area contributed by atoms with E-state index < -0.39 is 15.3 Å². The van der Waals surface area contributed by atoms with E-state index in [1.165, 1.54) is 0 Å². The summed E-state index contributed by atoms with van der Waals surface area (Å²) in [7, 11) is -1.80. The third kappa shape index (κ3) is 4.61. The number of carbonyl (C=O) groups excluding carboxylic acids is 1. The Balaban J connectivity index is 2.00. The molecule has 0 saturated carbocycles. The highest BCUT2D eigenvalue weighted by Crippen LogP contribution is 2.24. The first kappa shape index (κ1) is 18.5. The standard InChI is InChI=1S/C16H25N3O4S/c1-12(2)24(21,22)18-13-7-6-10-19(11-13)16(20)17-14-8-4-5-9-15(14)23-3/h4-5,8-9,12-13,18H,6-7,10-11H2,1-3H3,(H,17,20). The van der Waals surface area contributed by atoms with Crippen molar-refractivity contribution in [2.45, 2.75) is 38.0 Å². The number of nitrogens with zero attached hydrogens (tertiary/aromatic N) is 1. The Labute approximate surface area is 143 Å². The highest BCUT2D eigenvalue weighted by Gasteiger charge is 2.28. The normalized spacial score (nSPS) is 18.5. The van der Waals surface area contributed by atoms with Gasteiger partial charge in [0.25, 0.3) is 0 Å². The third-order valence-electron chi connectivity index (χ3n) is 4.01. The minimum Gasteiger partial charge on any atom is -0.495 e. The number of piperidine rings is 1. The van der Waals surface area contributed by atoms with Gasteiger partial charge in [0.15, 0.2) is 0 Å². The molecule has 2 rings (SSSR count). The van der Waals surface area contributed by atoms with Gasteiger partial charge in [0, 0.05) is 19.1 Å². The highest BCUT2D eigenvalue weighted by atomic mass is 32.2. The molecule has 24 heavy (non-hydrogen) atoms. The first-order valence-corrected chi connectivity index (χ1v) is 9.58. The molecule has 1 aromatic carbocycles. The van der Waals surface area contributed by atoms with Crippen molar-refractivity contribution in [3.63, 3.8) is 0 Å². The summed E-state index contributed by atoms with van der Waals surface area (Å²) in [6, 6.07) is 6.66. The molecular weight excluding hydrogens is 330 g/mol. The molecule has 1 saturated heterocycles. The van der Waals surface area contributed by atoms with Crippen LogP contribution in [0.4, 0.5) is 10.5 Å². The number of likely N-dealkylation sites (tertiary alicyclic amines) is 1. The van der Waals surface area contributed by atoms with E-state index in [0.717, 1.165) is 12.8 Å². The number of ether oxygens (including phenoxy) is 1. The zero-order valence-corrected chi connectivity index (χ0v) is 15.1. The fourth-order valence-electron chi connectivity index (χ4n) is 2.57. The molecule has 0 radical (unpaired) electrons. The van der Waals surface area contributed by atoms with Crippen molar-refractivity contribution < 1.29 is 17.9 Å². The number of hydrogen-bond donors (Lipinski definition) is 2. The van der Waals surface area contributed by atoms with Gasteiger partial charge < -0.3 is 15.0 Å². The number of para-hydroxylation sites is 2. The Morgan fingerprint density at radius 3 is 2.71 bits per heavy atom. The molecule has 1 aliphatic rings. The quantitative estimate of drug-likeness (QED) is 0.846. The minimum absolute atomic E-state index is 0.255. The van der Waals surface area contributed by atoms with E-state index in [1.807, 2.05) is 12.1 Å². The molecule has 134 valence electrons. The number of urea groups is 1. The molecule has 1 heterocycles. The third-order valence-corrected chi connectivity index (χ3v) is 5.91. The maximum atomic E-state index is 12.5. The van der Waals surface area contributed by atoms with E-state index in [-0.39, 0.29) is 12.1 Å². The van der Waals surface area contributed by atoms with Crippen LogP contribution in [0.1, 0.15) is 26.7 Å². The molecule has 1 fully saturated rings. The average molecular weight is 355 g/mol. The fraction of sp³-hybridized carbons (Fsp3) is 0.562. The predicted molar refractivity (Wildman–Crippen MR) is 93.8 cm³/mol. The largest absolute Gasteiger partial charge is 0.495 e. The second kappa shape index (κ2) is 7.85. The Hall–Kier alpha value is -1.80. The van der Waals surface area contributed by atoms with Gasteiger partial charge in [0.05, 0.1) is 18.0 Å². The Morgan fingerprint density at radius 1 is 1.33 bits per heavy atom. The fourth-order valence-corrected chi connectivity index (χ4v) is 3.50. The highest BCUT2D eigenvalue weighted by molar-refractivity contribution is 7.90. The van der Waals surface area contributed by atoms with E-state index >= 15 is 0 Å². The van der Waals surface area contributed by atoms with Gasteiger partial charge in [-0.2, -0.15) is 0 Å². The van der Waals surface area contributed by atoms with Crippen LogP contribution in [-0.4, -0.2) is 50.8 Å². The average Bonchev–Trinajstić information content (AvgIpc) is 2.55. The molecule has 0 aliphatic carbocycles. The summed E-state index contributed by atoms with van der Waals surface area (Å²) in [5, 5.41) is 2.33. The van der Waals surface area contributed by atoms with Crippen LogP contribution in [-0.2, 0) is 10.0 Å².